The first-order valence-corrected chi connectivity index (χ1v) is 10.8. The predicted octanol–water partition coefficient (Wildman–Crippen LogP) is 2.79. The number of halogens is 2. The van der Waals surface area contributed by atoms with E-state index in [2.05, 4.69) is 4.72 Å². The fraction of sp³-hybridized carbons (Fsp3) is 0.562. The molecule has 0 unspecified atom stereocenters. The minimum atomic E-state index is -3.24. The Morgan fingerprint density at radius 3 is 2.73 bits per heavy atom. The van der Waals surface area contributed by atoms with Gasteiger partial charge in [0.1, 0.15) is 0 Å². The van der Waals surface area contributed by atoms with Gasteiger partial charge in [0.05, 0.1) is 29.0 Å². The number of ether oxygens (including phenoxy) is 1. The largest absolute Gasteiger partial charge is 0.465 e. The van der Waals surface area contributed by atoms with Crippen LogP contribution in [0.3, 0.4) is 0 Å². The zero-order valence-corrected chi connectivity index (χ0v) is 16.6. The second-order valence-corrected chi connectivity index (χ2v) is 8.87. The van der Waals surface area contributed by atoms with Crippen LogP contribution in [0.2, 0.25) is 10.0 Å². The van der Waals surface area contributed by atoms with Gasteiger partial charge in [-0.25, -0.2) is 17.9 Å². The maximum Gasteiger partial charge on any atom is 0.407 e. The van der Waals surface area contributed by atoms with Gasteiger partial charge in [0.2, 0.25) is 10.0 Å². The summed E-state index contributed by atoms with van der Waals surface area (Å²) in [5.41, 5.74) is 0.841. The summed E-state index contributed by atoms with van der Waals surface area (Å²) in [4.78, 5) is 12.8. The van der Waals surface area contributed by atoms with E-state index in [1.165, 1.54) is 4.90 Å². The number of amides is 1. The van der Waals surface area contributed by atoms with Crippen molar-refractivity contribution in [3.8, 4) is 0 Å². The number of benzene rings is 1. The Kier molecular flexibility index (Phi) is 7.54. The van der Waals surface area contributed by atoms with Gasteiger partial charge in [-0.3, -0.25) is 0 Å². The number of rotatable bonds is 6. The minimum absolute atomic E-state index is 0.221. The van der Waals surface area contributed by atoms with Gasteiger partial charge < -0.3 is 14.7 Å². The molecular formula is C16H22Cl2N2O5S. The van der Waals surface area contributed by atoms with Crippen molar-refractivity contribution in [1.82, 2.24) is 9.62 Å². The highest BCUT2D eigenvalue weighted by Gasteiger charge is 2.31. The molecular weight excluding hydrogens is 403 g/mol. The lowest BCUT2D eigenvalue weighted by molar-refractivity contribution is 0.0441. The van der Waals surface area contributed by atoms with Crippen LogP contribution in [-0.2, 0) is 14.8 Å². The fourth-order valence-electron chi connectivity index (χ4n) is 2.96. The molecule has 1 aliphatic heterocycles. The second-order valence-electron chi connectivity index (χ2n) is 6.23. The highest BCUT2D eigenvalue weighted by atomic mass is 35.5. The average Bonchev–Trinajstić information content (AvgIpc) is 2.76. The first kappa shape index (κ1) is 21.2. The van der Waals surface area contributed by atoms with Crippen LogP contribution >= 0.6 is 23.2 Å². The van der Waals surface area contributed by atoms with Crippen molar-refractivity contribution >= 4 is 39.3 Å². The lowest BCUT2D eigenvalue weighted by Gasteiger charge is -2.27. The Hall–Kier alpha value is -1.06. The summed E-state index contributed by atoms with van der Waals surface area (Å²) in [5.74, 6) is -0.221. The van der Waals surface area contributed by atoms with Crippen LogP contribution in [0.4, 0.5) is 4.79 Å². The third kappa shape index (κ3) is 6.28. The Bertz CT molecular complexity index is 744. The van der Waals surface area contributed by atoms with Gasteiger partial charge >= 0.3 is 6.09 Å². The number of carbonyl (C=O) groups is 1. The molecule has 2 N–H and O–H groups in total. The monoisotopic (exact) mass is 424 g/mol. The molecule has 0 radical (unpaired) electrons. The van der Waals surface area contributed by atoms with E-state index < -0.39 is 16.1 Å². The number of nitrogens with zero attached hydrogens (tertiary/aromatic N) is 1. The zero-order valence-electron chi connectivity index (χ0n) is 14.3. The topological polar surface area (TPSA) is 95.9 Å². The number of carboxylic acid groups (broad SMARTS) is 1. The zero-order chi connectivity index (χ0) is 19.3. The van der Waals surface area contributed by atoms with Gasteiger partial charge in [0.15, 0.2) is 0 Å². The number of hydrogen-bond donors (Lipinski definition) is 2. The molecule has 0 saturated carbocycles. The van der Waals surface area contributed by atoms with Gasteiger partial charge in [-0.2, -0.15) is 0 Å². The molecule has 1 heterocycles. The van der Waals surface area contributed by atoms with Crippen molar-refractivity contribution in [2.45, 2.75) is 24.9 Å². The summed E-state index contributed by atoms with van der Waals surface area (Å²) in [7, 11) is -3.24. The molecule has 0 bridgehead atoms. The molecule has 1 amide bonds. The standard InChI is InChI=1S/C16H22Cl2N2O5S/c1-26(23,24)19-6-2-3-15-12(10-20(16(21)22)7-8-25-15)11-4-5-13(17)14(18)9-11/h4-5,9,12,15,19H,2-3,6-8,10H2,1H3,(H,21,22)/t12-,15+/m1/s1. The van der Waals surface area contributed by atoms with E-state index in [1.807, 2.05) is 6.07 Å². The van der Waals surface area contributed by atoms with Crippen molar-refractivity contribution in [3.63, 3.8) is 0 Å². The Labute approximate surface area is 163 Å². The van der Waals surface area contributed by atoms with E-state index in [1.54, 1.807) is 12.1 Å². The third-order valence-corrected chi connectivity index (χ3v) is 5.70. The van der Waals surface area contributed by atoms with Crippen molar-refractivity contribution in [2.24, 2.45) is 0 Å². The van der Waals surface area contributed by atoms with E-state index in [4.69, 9.17) is 27.9 Å². The third-order valence-electron chi connectivity index (χ3n) is 4.23. The number of sulfonamides is 1. The molecule has 1 saturated heterocycles. The van der Waals surface area contributed by atoms with Crippen molar-refractivity contribution in [2.75, 3.05) is 32.5 Å². The molecule has 1 fully saturated rings. The SMILES string of the molecule is CS(=O)(=O)NCCC[C@@H]1OCCN(C(=O)O)C[C@@H]1c1ccc(Cl)c(Cl)c1. The summed E-state index contributed by atoms with van der Waals surface area (Å²) >= 11 is 12.1. The molecule has 10 heteroatoms. The maximum absolute atomic E-state index is 11.4. The van der Waals surface area contributed by atoms with E-state index in [9.17, 15) is 18.3 Å². The Morgan fingerprint density at radius 1 is 1.38 bits per heavy atom. The molecule has 0 spiro atoms. The highest BCUT2D eigenvalue weighted by molar-refractivity contribution is 7.88. The normalized spacial score (nSPS) is 21.4. The van der Waals surface area contributed by atoms with Gasteiger partial charge in [-0.1, -0.05) is 29.3 Å². The van der Waals surface area contributed by atoms with Crippen LogP contribution in [0.25, 0.3) is 0 Å². The first-order valence-electron chi connectivity index (χ1n) is 8.16. The maximum atomic E-state index is 11.4. The molecule has 2 atom stereocenters. The van der Waals surface area contributed by atoms with Crippen LogP contribution in [-0.4, -0.2) is 63.1 Å². The quantitative estimate of drug-likeness (QED) is 0.684. The second kappa shape index (κ2) is 9.23. The Morgan fingerprint density at radius 2 is 2.12 bits per heavy atom. The average molecular weight is 425 g/mol. The molecule has 1 aromatic carbocycles. The van der Waals surface area contributed by atoms with Crippen molar-refractivity contribution < 1.29 is 23.1 Å². The van der Waals surface area contributed by atoms with Crippen molar-refractivity contribution in [3.05, 3.63) is 33.8 Å². The van der Waals surface area contributed by atoms with Crippen molar-refractivity contribution in [1.29, 1.82) is 0 Å². The van der Waals surface area contributed by atoms with Gasteiger partial charge in [-0.05, 0) is 30.5 Å². The smallest absolute Gasteiger partial charge is 0.407 e. The highest BCUT2D eigenvalue weighted by Crippen LogP contribution is 2.32. The molecule has 1 aliphatic rings. The molecule has 26 heavy (non-hydrogen) atoms. The molecule has 2 rings (SSSR count). The summed E-state index contributed by atoms with van der Waals surface area (Å²) in [5, 5.41) is 10.2. The van der Waals surface area contributed by atoms with E-state index in [-0.39, 0.29) is 31.7 Å². The van der Waals surface area contributed by atoms with E-state index >= 15 is 0 Å². The molecule has 1 aromatic rings. The van der Waals surface area contributed by atoms with Crippen LogP contribution in [0.15, 0.2) is 18.2 Å². The van der Waals surface area contributed by atoms with Crippen LogP contribution < -0.4 is 4.72 Å². The lowest BCUT2D eigenvalue weighted by Crippen LogP contribution is -2.35. The summed E-state index contributed by atoms with van der Waals surface area (Å²) in [6.07, 6.45) is 1.01. The molecule has 0 aliphatic carbocycles. The summed E-state index contributed by atoms with van der Waals surface area (Å²) in [6.45, 7) is 1.15. The predicted molar refractivity (Wildman–Crippen MR) is 101 cm³/mol. The van der Waals surface area contributed by atoms with Crippen LogP contribution in [0.1, 0.15) is 24.3 Å². The van der Waals surface area contributed by atoms with Gasteiger partial charge in [-0.15, -0.1) is 0 Å². The first-order chi connectivity index (χ1) is 12.2. The lowest BCUT2D eigenvalue weighted by atomic mass is 9.90. The van der Waals surface area contributed by atoms with E-state index in [0.29, 0.717) is 29.4 Å². The summed E-state index contributed by atoms with van der Waals surface area (Å²) in [6, 6.07) is 5.22. The molecule has 0 aromatic heterocycles. The van der Waals surface area contributed by atoms with Crippen LogP contribution in [0.5, 0.6) is 0 Å². The number of hydrogen-bond acceptors (Lipinski definition) is 4. The fourth-order valence-corrected chi connectivity index (χ4v) is 3.78. The van der Waals surface area contributed by atoms with Crippen LogP contribution in [0, 0.1) is 0 Å². The molecule has 7 nitrogen and oxygen atoms in total. The minimum Gasteiger partial charge on any atom is -0.465 e. The number of nitrogens with one attached hydrogen (secondary N) is 1. The van der Waals surface area contributed by atoms with Gasteiger partial charge in [0.25, 0.3) is 0 Å². The molecule has 146 valence electrons. The van der Waals surface area contributed by atoms with Gasteiger partial charge in [0, 0.05) is 25.6 Å². The van der Waals surface area contributed by atoms with E-state index in [0.717, 1.165) is 11.8 Å². The summed E-state index contributed by atoms with van der Waals surface area (Å²) < 4.78 is 30.7. The Balaban J connectivity index is 2.16.